The van der Waals surface area contributed by atoms with E-state index in [0.717, 1.165) is 5.56 Å². The van der Waals surface area contributed by atoms with Gasteiger partial charge in [-0.15, -0.1) is 0 Å². The largest absolute Gasteiger partial charge is 0.368 e. The number of aromatic nitrogens is 2. The van der Waals surface area contributed by atoms with Crippen LogP contribution in [0.25, 0.3) is 11.3 Å². The number of nitrogen functional groups attached to an aromatic ring is 1. The first-order chi connectivity index (χ1) is 12.5. The zero-order chi connectivity index (χ0) is 18.3. The molecule has 1 aromatic heterocycles. The molecule has 128 valence electrons. The SMILES string of the molecule is Nc1nc(-c2cccc(Cl)c2)cc(C2N=Nc3ccc(Cl)cc3C2=O)n1. The summed E-state index contributed by atoms with van der Waals surface area (Å²) < 4.78 is 0. The van der Waals surface area contributed by atoms with Crippen LogP contribution < -0.4 is 5.73 Å². The molecule has 0 aliphatic carbocycles. The van der Waals surface area contributed by atoms with Crippen molar-refractivity contribution in [3.05, 3.63) is 69.8 Å². The van der Waals surface area contributed by atoms with E-state index in [2.05, 4.69) is 20.2 Å². The highest BCUT2D eigenvalue weighted by Gasteiger charge is 2.30. The van der Waals surface area contributed by atoms with Gasteiger partial charge in [-0.05, 0) is 36.4 Å². The number of carbonyl (C=O) groups is 1. The van der Waals surface area contributed by atoms with Crippen molar-refractivity contribution in [2.75, 3.05) is 5.73 Å². The van der Waals surface area contributed by atoms with E-state index in [1.165, 1.54) is 0 Å². The predicted molar refractivity (Wildman–Crippen MR) is 99.9 cm³/mol. The summed E-state index contributed by atoms with van der Waals surface area (Å²) in [5, 5.41) is 9.24. The van der Waals surface area contributed by atoms with E-state index in [1.807, 2.05) is 6.07 Å². The number of benzene rings is 2. The molecule has 1 aliphatic rings. The van der Waals surface area contributed by atoms with Gasteiger partial charge in [0.25, 0.3) is 0 Å². The first kappa shape index (κ1) is 16.6. The fourth-order valence-corrected chi connectivity index (χ4v) is 3.09. The summed E-state index contributed by atoms with van der Waals surface area (Å²) in [6.07, 6.45) is 0. The van der Waals surface area contributed by atoms with E-state index < -0.39 is 6.04 Å². The van der Waals surface area contributed by atoms with Crippen LogP contribution in [0.5, 0.6) is 0 Å². The molecule has 4 rings (SSSR count). The van der Waals surface area contributed by atoms with E-state index in [-0.39, 0.29) is 11.7 Å². The Morgan fingerprint density at radius 3 is 2.58 bits per heavy atom. The van der Waals surface area contributed by atoms with E-state index in [9.17, 15) is 4.79 Å². The lowest BCUT2D eigenvalue weighted by atomic mass is 9.98. The second kappa shape index (κ2) is 6.48. The van der Waals surface area contributed by atoms with E-state index in [1.54, 1.807) is 42.5 Å². The lowest BCUT2D eigenvalue weighted by molar-refractivity contribution is 0.0954. The van der Waals surface area contributed by atoms with Gasteiger partial charge in [-0.3, -0.25) is 4.79 Å². The van der Waals surface area contributed by atoms with Crippen molar-refractivity contribution >= 4 is 40.6 Å². The van der Waals surface area contributed by atoms with Crippen molar-refractivity contribution in [1.82, 2.24) is 9.97 Å². The lowest BCUT2D eigenvalue weighted by Gasteiger charge is -2.17. The van der Waals surface area contributed by atoms with Crippen molar-refractivity contribution in [3.63, 3.8) is 0 Å². The first-order valence-electron chi connectivity index (χ1n) is 7.66. The van der Waals surface area contributed by atoms with Gasteiger partial charge < -0.3 is 5.73 Å². The monoisotopic (exact) mass is 383 g/mol. The lowest BCUT2D eigenvalue weighted by Crippen LogP contribution is -2.16. The summed E-state index contributed by atoms with van der Waals surface area (Å²) in [5.41, 5.74) is 8.41. The molecule has 1 aliphatic heterocycles. The molecule has 1 atom stereocenters. The van der Waals surface area contributed by atoms with Gasteiger partial charge >= 0.3 is 0 Å². The summed E-state index contributed by atoms with van der Waals surface area (Å²) in [6, 6.07) is 12.8. The van der Waals surface area contributed by atoms with E-state index in [4.69, 9.17) is 28.9 Å². The highest BCUT2D eigenvalue weighted by atomic mass is 35.5. The molecule has 0 amide bonds. The van der Waals surface area contributed by atoms with Crippen molar-refractivity contribution in [1.29, 1.82) is 0 Å². The van der Waals surface area contributed by atoms with Crippen LogP contribution in [0.3, 0.4) is 0 Å². The summed E-state index contributed by atoms with van der Waals surface area (Å²) >= 11 is 12.0. The summed E-state index contributed by atoms with van der Waals surface area (Å²) in [5.74, 6) is -0.204. The van der Waals surface area contributed by atoms with Crippen LogP contribution in [0.4, 0.5) is 11.6 Å². The quantitative estimate of drug-likeness (QED) is 0.669. The standard InChI is InChI=1S/C18H11Cl2N5O/c19-10-3-1-2-9(6-10)14-8-15(23-18(21)22-14)16-17(26)12-7-11(20)4-5-13(12)24-25-16/h1-8,16H,(H2,21,22,23). The van der Waals surface area contributed by atoms with Crippen LogP contribution in [0, 0.1) is 0 Å². The van der Waals surface area contributed by atoms with Gasteiger partial charge in [0.2, 0.25) is 5.95 Å². The van der Waals surface area contributed by atoms with Gasteiger partial charge in [-0.25, -0.2) is 9.97 Å². The molecule has 8 heteroatoms. The number of nitrogens with two attached hydrogens (primary N) is 1. The molecular weight excluding hydrogens is 373 g/mol. The van der Waals surface area contributed by atoms with Gasteiger partial charge in [-0.1, -0.05) is 35.3 Å². The van der Waals surface area contributed by atoms with Crippen molar-refractivity contribution in [3.8, 4) is 11.3 Å². The number of hydrogen-bond acceptors (Lipinski definition) is 6. The van der Waals surface area contributed by atoms with Gasteiger partial charge in [-0.2, -0.15) is 10.2 Å². The van der Waals surface area contributed by atoms with Crippen LogP contribution in [-0.4, -0.2) is 15.8 Å². The van der Waals surface area contributed by atoms with Crippen LogP contribution >= 0.6 is 23.2 Å². The molecule has 2 heterocycles. The zero-order valence-corrected chi connectivity index (χ0v) is 14.7. The number of halogens is 2. The van der Waals surface area contributed by atoms with Crippen LogP contribution in [0.1, 0.15) is 22.1 Å². The van der Waals surface area contributed by atoms with Crippen LogP contribution in [0.2, 0.25) is 10.0 Å². The summed E-state index contributed by atoms with van der Waals surface area (Å²) in [6.45, 7) is 0. The number of ketones is 1. The number of fused-ring (bicyclic) bond motifs is 1. The number of anilines is 1. The molecule has 0 saturated carbocycles. The molecule has 0 radical (unpaired) electrons. The molecule has 6 nitrogen and oxygen atoms in total. The molecule has 3 aromatic rings. The highest BCUT2D eigenvalue weighted by molar-refractivity contribution is 6.31. The summed E-state index contributed by atoms with van der Waals surface area (Å²) in [4.78, 5) is 21.3. The van der Waals surface area contributed by atoms with Gasteiger partial charge in [0.15, 0.2) is 11.8 Å². The minimum atomic E-state index is -0.899. The fourth-order valence-electron chi connectivity index (χ4n) is 2.73. The minimum absolute atomic E-state index is 0.0392. The smallest absolute Gasteiger partial charge is 0.220 e. The van der Waals surface area contributed by atoms with Gasteiger partial charge in [0, 0.05) is 21.2 Å². The van der Waals surface area contributed by atoms with Crippen LogP contribution in [0.15, 0.2) is 58.8 Å². The maximum absolute atomic E-state index is 12.8. The average Bonchev–Trinajstić information content (AvgIpc) is 2.62. The Labute approximate surface area is 158 Å². The maximum Gasteiger partial charge on any atom is 0.220 e. The van der Waals surface area contributed by atoms with Crippen LogP contribution in [-0.2, 0) is 0 Å². The molecular formula is C18H11Cl2N5O. The van der Waals surface area contributed by atoms with E-state index in [0.29, 0.717) is 32.7 Å². The normalized spacial score (nSPS) is 15.8. The van der Waals surface area contributed by atoms with Crippen molar-refractivity contribution in [2.24, 2.45) is 10.2 Å². The number of Topliss-reactive ketones (excluding diaryl/α,β-unsaturated/α-hetero) is 1. The predicted octanol–water partition coefficient (Wildman–Crippen LogP) is 5.05. The fraction of sp³-hybridized carbons (Fsp3) is 0.0556. The number of azo groups is 1. The third kappa shape index (κ3) is 3.05. The number of carbonyl (C=O) groups excluding carboxylic acids is 1. The van der Waals surface area contributed by atoms with Gasteiger partial charge in [0.1, 0.15) is 0 Å². The topological polar surface area (TPSA) is 93.6 Å². The maximum atomic E-state index is 12.8. The molecule has 0 spiro atoms. The Bertz CT molecular complexity index is 1070. The van der Waals surface area contributed by atoms with Crippen molar-refractivity contribution in [2.45, 2.75) is 6.04 Å². The number of hydrogen-bond donors (Lipinski definition) is 1. The molecule has 2 N–H and O–H groups in total. The molecule has 0 saturated heterocycles. The third-order valence-corrected chi connectivity index (χ3v) is 4.39. The number of nitrogens with zero attached hydrogens (tertiary/aromatic N) is 4. The Balaban J connectivity index is 1.78. The third-order valence-electron chi connectivity index (χ3n) is 3.92. The van der Waals surface area contributed by atoms with E-state index >= 15 is 0 Å². The molecule has 1 unspecified atom stereocenters. The summed E-state index contributed by atoms with van der Waals surface area (Å²) in [7, 11) is 0. The Morgan fingerprint density at radius 1 is 0.962 bits per heavy atom. The highest BCUT2D eigenvalue weighted by Crippen LogP contribution is 2.36. The second-order valence-electron chi connectivity index (χ2n) is 5.69. The van der Waals surface area contributed by atoms with Gasteiger partial charge in [0.05, 0.1) is 17.1 Å². The number of rotatable bonds is 2. The second-order valence-corrected chi connectivity index (χ2v) is 6.56. The molecule has 0 bridgehead atoms. The average molecular weight is 384 g/mol. The molecule has 0 fully saturated rings. The Morgan fingerprint density at radius 2 is 1.77 bits per heavy atom. The zero-order valence-electron chi connectivity index (χ0n) is 13.2. The Kier molecular flexibility index (Phi) is 4.14. The molecule has 2 aromatic carbocycles. The molecule has 26 heavy (non-hydrogen) atoms. The Hall–Kier alpha value is -2.83. The first-order valence-corrected chi connectivity index (χ1v) is 8.42. The minimum Gasteiger partial charge on any atom is -0.368 e. The van der Waals surface area contributed by atoms with Crippen molar-refractivity contribution < 1.29 is 4.79 Å².